The van der Waals surface area contributed by atoms with Crippen molar-refractivity contribution < 1.29 is 13.9 Å². The SMILES string of the molecule is O=C([C@@H](Sc1ncc(-c2ccc(F)cc2)[nH]1)c1ccccc1)N1CCOCC1. The van der Waals surface area contributed by atoms with Crippen LogP contribution >= 0.6 is 11.8 Å². The topological polar surface area (TPSA) is 58.2 Å². The summed E-state index contributed by atoms with van der Waals surface area (Å²) in [4.78, 5) is 22.7. The van der Waals surface area contributed by atoms with Crippen LogP contribution in [-0.4, -0.2) is 47.1 Å². The lowest BCUT2D eigenvalue weighted by atomic mass is 10.1. The van der Waals surface area contributed by atoms with E-state index < -0.39 is 5.25 Å². The number of ether oxygens (including phenoxy) is 1. The number of amides is 1. The van der Waals surface area contributed by atoms with Crippen molar-refractivity contribution in [1.29, 1.82) is 0 Å². The van der Waals surface area contributed by atoms with E-state index in [4.69, 9.17) is 4.74 Å². The number of aromatic nitrogens is 2. The number of benzene rings is 2. The van der Waals surface area contributed by atoms with Gasteiger partial charge >= 0.3 is 0 Å². The third kappa shape index (κ3) is 4.26. The highest BCUT2D eigenvalue weighted by molar-refractivity contribution is 8.00. The molecule has 0 bridgehead atoms. The van der Waals surface area contributed by atoms with E-state index in [0.29, 0.717) is 31.5 Å². The largest absolute Gasteiger partial charge is 0.378 e. The predicted molar refractivity (Wildman–Crippen MR) is 106 cm³/mol. The summed E-state index contributed by atoms with van der Waals surface area (Å²) in [6.45, 7) is 2.32. The average molecular weight is 397 g/mol. The summed E-state index contributed by atoms with van der Waals surface area (Å²) < 4.78 is 18.5. The first-order valence-electron chi connectivity index (χ1n) is 9.10. The number of thioether (sulfide) groups is 1. The van der Waals surface area contributed by atoms with Crippen molar-refractivity contribution in [2.75, 3.05) is 26.3 Å². The monoisotopic (exact) mass is 397 g/mol. The van der Waals surface area contributed by atoms with Gasteiger partial charge in [0.05, 0.1) is 25.1 Å². The second-order valence-electron chi connectivity index (χ2n) is 6.46. The molecule has 0 unspecified atom stereocenters. The lowest BCUT2D eigenvalue weighted by Gasteiger charge is -2.30. The maximum Gasteiger partial charge on any atom is 0.240 e. The Bertz CT molecular complexity index is 924. The highest BCUT2D eigenvalue weighted by atomic mass is 32.2. The summed E-state index contributed by atoms with van der Waals surface area (Å²) >= 11 is 1.39. The second kappa shape index (κ2) is 8.58. The van der Waals surface area contributed by atoms with E-state index in [9.17, 15) is 9.18 Å². The van der Waals surface area contributed by atoms with Gasteiger partial charge in [0.25, 0.3) is 0 Å². The third-order valence-corrected chi connectivity index (χ3v) is 5.73. The maximum absolute atomic E-state index is 13.2. The van der Waals surface area contributed by atoms with Gasteiger partial charge in [0, 0.05) is 13.1 Å². The Morgan fingerprint density at radius 2 is 1.82 bits per heavy atom. The van der Waals surface area contributed by atoms with Crippen LogP contribution in [0.15, 0.2) is 66.0 Å². The Labute approximate surface area is 166 Å². The summed E-state index contributed by atoms with van der Waals surface area (Å²) in [6, 6.07) is 15.9. The molecule has 2 heterocycles. The Morgan fingerprint density at radius 3 is 2.54 bits per heavy atom. The van der Waals surface area contributed by atoms with E-state index in [-0.39, 0.29) is 11.7 Å². The molecule has 1 N–H and O–H groups in total. The molecule has 1 aromatic heterocycles. The third-order valence-electron chi connectivity index (χ3n) is 4.59. The van der Waals surface area contributed by atoms with E-state index in [1.165, 1.54) is 23.9 Å². The van der Waals surface area contributed by atoms with Crippen molar-refractivity contribution in [3.8, 4) is 11.3 Å². The molecule has 2 aromatic carbocycles. The van der Waals surface area contributed by atoms with Gasteiger partial charge in [-0.05, 0) is 35.4 Å². The van der Waals surface area contributed by atoms with Gasteiger partial charge in [-0.1, -0.05) is 42.1 Å². The normalized spacial score (nSPS) is 15.4. The molecule has 0 spiro atoms. The second-order valence-corrected chi connectivity index (χ2v) is 7.55. The van der Waals surface area contributed by atoms with Gasteiger partial charge in [-0.2, -0.15) is 0 Å². The zero-order valence-corrected chi connectivity index (χ0v) is 16.0. The first-order valence-corrected chi connectivity index (χ1v) is 9.98. The van der Waals surface area contributed by atoms with E-state index in [1.807, 2.05) is 35.2 Å². The van der Waals surface area contributed by atoms with Gasteiger partial charge < -0.3 is 14.6 Å². The smallest absolute Gasteiger partial charge is 0.240 e. The lowest BCUT2D eigenvalue weighted by molar-refractivity contribution is -0.134. The van der Waals surface area contributed by atoms with Crippen LogP contribution in [0.25, 0.3) is 11.3 Å². The molecule has 1 saturated heterocycles. The number of halogens is 1. The molecule has 1 amide bonds. The van der Waals surface area contributed by atoms with Crippen molar-refractivity contribution in [2.45, 2.75) is 10.4 Å². The molecular formula is C21H20FN3O2S. The number of aromatic amines is 1. The van der Waals surface area contributed by atoms with Crippen LogP contribution in [0.3, 0.4) is 0 Å². The summed E-state index contributed by atoms with van der Waals surface area (Å²) in [5.41, 5.74) is 2.56. The number of nitrogens with zero attached hydrogens (tertiary/aromatic N) is 2. The number of imidazole rings is 1. The molecule has 0 radical (unpaired) electrons. The van der Waals surface area contributed by atoms with E-state index in [0.717, 1.165) is 16.8 Å². The molecule has 28 heavy (non-hydrogen) atoms. The summed E-state index contributed by atoms with van der Waals surface area (Å²) in [6.07, 6.45) is 1.71. The van der Waals surface area contributed by atoms with Crippen LogP contribution in [0.4, 0.5) is 4.39 Å². The molecule has 1 fully saturated rings. The summed E-state index contributed by atoms with van der Waals surface area (Å²) in [5.74, 6) is -0.225. The molecule has 0 aliphatic carbocycles. The van der Waals surface area contributed by atoms with Gasteiger partial charge in [0.2, 0.25) is 5.91 Å². The summed E-state index contributed by atoms with van der Waals surface area (Å²) in [7, 11) is 0. The first-order chi connectivity index (χ1) is 13.7. The van der Waals surface area contributed by atoms with Gasteiger partial charge in [0.15, 0.2) is 5.16 Å². The van der Waals surface area contributed by atoms with Crippen LogP contribution in [0, 0.1) is 5.82 Å². The Kier molecular flexibility index (Phi) is 5.73. The minimum Gasteiger partial charge on any atom is -0.378 e. The number of H-pyrrole nitrogens is 1. The number of nitrogens with one attached hydrogen (secondary N) is 1. The van der Waals surface area contributed by atoms with Crippen LogP contribution in [0.1, 0.15) is 10.8 Å². The minimum atomic E-state index is -0.397. The zero-order chi connectivity index (χ0) is 19.3. The molecule has 144 valence electrons. The number of rotatable bonds is 5. The molecule has 1 aliphatic rings. The number of carbonyl (C=O) groups is 1. The quantitative estimate of drug-likeness (QED) is 0.663. The molecule has 1 atom stereocenters. The molecular weight excluding hydrogens is 377 g/mol. The van der Waals surface area contributed by atoms with Crippen molar-refractivity contribution in [3.63, 3.8) is 0 Å². The Hall–Kier alpha value is -2.64. The molecule has 3 aromatic rings. The van der Waals surface area contributed by atoms with Crippen molar-refractivity contribution >= 4 is 17.7 Å². The Morgan fingerprint density at radius 1 is 1.11 bits per heavy atom. The van der Waals surface area contributed by atoms with Crippen LogP contribution in [0.2, 0.25) is 0 Å². The van der Waals surface area contributed by atoms with Crippen molar-refractivity contribution in [3.05, 3.63) is 72.2 Å². The van der Waals surface area contributed by atoms with Crippen LogP contribution < -0.4 is 0 Å². The predicted octanol–water partition coefficient (Wildman–Crippen LogP) is 3.91. The average Bonchev–Trinajstić information content (AvgIpc) is 3.22. The molecule has 4 rings (SSSR count). The minimum absolute atomic E-state index is 0.0548. The van der Waals surface area contributed by atoms with E-state index in [1.54, 1.807) is 18.3 Å². The number of hydrogen-bond acceptors (Lipinski definition) is 4. The highest BCUT2D eigenvalue weighted by Gasteiger charge is 2.29. The highest BCUT2D eigenvalue weighted by Crippen LogP contribution is 2.36. The fourth-order valence-corrected chi connectivity index (χ4v) is 4.14. The molecule has 5 nitrogen and oxygen atoms in total. The standard InChI is InChI=1S/C21H20FN3O2S/c22-17-8-6-15(7-9-17)18-14-23-21(24-18)28-19(16-4-2-1-3-5-16)20(26)25-10-12-27-13-11-25/h1-9,14,19H,10-13H2,(H,23,24)/t19-/m0/s1. The number of hydrogen-bond donors (Lipinski definition) is 1. The summed E-state index contributed by atoms with van der Waals surface area (Å²) in [5, 5.41) is 0.251. The maximum atomic E-state index is 13.2. The lowest BCUT2D eigenvalue weighted by Crippen LogP contribution is -2.42. The first kappa shape index (κ1) is 18.7. The van der Waals surface area contributed by atoms with Gasteiger partial charge in [0.1, 0.15) is 11.1 Å². The van der Waals surface area contributed by atoms with Crippen molar-refractivity contribution in [1.82, 2.24) is 14.9 Å². The van der Waals surface area contributed by atoms with Crippen LogP contribution in [-0.2, 0) is 9.53 Å². The number of morpholine rings is 1. The van der Waals surface area contributed by atoms with Gasteiger partial charge in [-0.25, -0.2) is 9.37 Å². The van der Waals surface area contributed by atoms with Crippen LogP contribution in [0.5, 0.6) is 0 Å². The van der Waals surface area contributed by atoms with Crippen molar-refractivity contribution in [2.24, 2.45) is 0 Å². The van der Waals surface area contributed by atoms with E-state index >= 15 is 0 Å². The molecule has 1 aliphatic heterocycles. The van der Waals surface area contributed by atoms with Gasteiger partial charge in [-0.15, -0.1) is 0 Å². The van der Waals surface area contributed by atoms with E-state index in [2.05, 4.69) is 9.97 Å². The Balaban J connectivity index is 1.57. The van der Waals surface area contributed by atoms with Gasteiger partial charge in [-0.3, -0.25) is 4.79 Å². The number of carbonyl (C=O) groups excluding carboxylic acids is 1. The zero-order valence-electron chi connectivity index (χ0n) is 15.2. The molecule has 7 heteroatoms. The fourth-order valence-electron chi connectivity index (χ4n) is 3.09. The molecule has 0 saturated carbocycles. The fraction of sp³-hybridized carbons (Fsp3) is 0.238.